The molecule has 3 aliphatic carbocycles. The van der Waals surface area contributed by atoms with Crippen molar-refractivity contribution in [1.29, 1.82) is 0 Å². The van der Waals surface area contributed by atoms with Crippen LogP contribution in [0.1, 0.15) is 49.7 Å². The van der Waals surface area contributed by atoms with Crippen molar-refractivity contribution in [1.82, 2.24) is 0 Å². The van der Waals surface area contributed by atoms with Gasteiger partial charge in [0.25, 0.3) is 0 Å². The standard InChI is InChI=1S/C18H21F/c1-18-11-10-14-13-5-3-2-4-12(13)6-7-15(14)16(18)8-9-17(18)19/h2-5,9,14-16H,6-8,10-11H2,1H3/t14-,15-,16+,18+/m1/s1. The molecule has 0 amide bonds. The Morgan fingerprint density at radius 2 is 2.05 bits per heavy atom. The molecule has 0 saturated heterocycles. The summed E-state index contributed by atoms with van der Waals surface area (Å²) >= 11 is 0. The van der Waals surface area contributed by atoms with Crippen LogP contribution in [0.15, 0.2) is 36.2 Å². The van der Waals surface area contributed by atoms with E-state index in [9.17, 15) is 4.39 Å². The molecule has 1 aromatic rings. The maximum Gasteiger partial charge on any atom is 0.102 e. The number of hydrogen-bond donors (Lipinski definition) is 0. The van der Waals surface area contributed by atoms with Gasteiger partial charge in [0.1, 0.15) is 5.83 Å². The summed E-state index contributed by atoms with van der Waals surface area (Å²) in [5.41, 5.74) is 2.96. The second kappa shape index (κ2) is 3.94. The van der Waals surface area contributed by atoms with Gasteiger partial charge in [0.2, 0.25) is 0 Å². The average Bonchev–Trinajstić information content (AvgIpc) is 2.75. The van der Waals surface area contributed by atoms with Gasteiger partial charge in [0.05, 0.1) is 0 Å². The Hall–Kier alpha value is -1.11. The lowest BCUT2D eigenvalue weighted by Gasteiger charge is -2.49. The van der Waals surface area contributed by atoms with E-state index >= 15 is 0 Å². The van der Waals surface area contributed by atoms with Gasteiger partial charge < -0.3 is 0 Å². The first-order chi connectivity index (χ1) is 9.20. The number of aryl methyl sites for hydroxylation is 1. The summed E-state index contributed by atoms with van der Waals surface area (Å²) in [6.07, 6.45) is 7.46. The molecule has 1 aromatic carbocycles. The number of rotatable bonds is 0. The van der Waals surface area contributed by atoms with Crippen LogP contribution in [0.25, 0.3) is 0 Å². The van der Waals surface area contributed by atoms with Crippen LogP contribution >= 0.6 is 0 Å². The molecular formula is C18H21F. The van der Waals surface area contributed by atoms with Gasteiger partial charge in [0.15, 0.2) is 0 Å². The average molecular weight is 256 g/mol. The molecule has 0 aliphatic heterocycles. The number of hydrogen-bond acceptors (Lipinski definition) is 0. The van der Waals surface area contributed by atoms with Gasteiger partial charge in [-0.3, -0.25) is 0 Å². The Bertz CT molecular complexity index is 544. The van der Waals surface area contributed by atoms with E-state index in [1.165, 1.54) is 12.8 Å². The molecule has 1 saturated carbocycles. The molecule has 0 nitrogen and oxygen atoms in total. The Balaban J connectivity index is 1.73. The van der Waals surface area contributed by atoms with E-state index in [-0.39, 0.29) is 11.2 Å². The van der Waals surface area contributed by atoms with Gasteiger partial charge in [0, 0.05) is 5.41 Å². The Kier molecular flexibility index (Phi) is 2.43. The number of halogens is 1. The monoisotopic (exact) mass is 256 g/mol. The summed E-state index contributed by atoms with van der Waals surface area (Å²) in [6, 6.07) is 8.92. The molecule has 0 aromatic heterocycles. The minimum atomic E-state index is -0.145. The van der Waals surface area contributed by atoms with E-state index in [1.807, 2.05) is 6.08 Å². The predicted octanol–water partition coefficient (Wildman–Crippen LogP) is 5.01. The summed E-state index contributed by atoms with van der Waals surface area (Å²) < 4.78 is 14.2. The first kappa shape index (κ1) is 11.7. The fourth-order valence-electron chi connectivity index (χ4n) is 5.04. The lowest BCUT2D eigenvalue weighted by atomic mass is 9.55. The van der Waals surface area contributed by atoms with Crippen LogP contribution in [0.4, 0.5) is 4.39 Å². The van der Waals surface area contributed by atoms with Gasteiger partial charge in [-0.1, -0.05) is 37.3 Å². The second-order valence-electron chi connectivity index (χ2n) is 6.86. The quantitative estimate of drug-likeness (QED) is 0.612. The maximum absolute atomic E-state index is 14.2. The Morgan fingerprint density at radius 3 is 2.95 bits per heavy atom. The van der Waals surface area contributed by atoms with Gasteiger partial charge in [-0.2, -0.15) is 0 Å². The largest absolute Gasteiger partial charge is 0.212 e. The summed E-state index contributed by atoms with van der Waals surface area (Å²) in [5, 5.41) is 0. The van der Waals surface area contributed by atoms with E-state index < -0.39 is 0 Å². The first-order valence-corrected chi connectivity index (χ1v) is 7.64. The summed E-state index contributed by atoms with van der Waals surface area (Å²) in [4.78, 5) is 0. The molecular weight excluding hydrogens is 235 g/mol. The molecule has 1 heteroatoms. The molecule has 4 atom stereocenters. The lowest BCUT2D eigenvalue weighted by molar-refractivity contribution is 0.0611. The van der Waals surface area contributed by atoms with Crippen LogP contribution in [0.3, 0.4) is 0 Å². The molecule has 100 valence electrons. The zero-order valence-electron chi connectivity index (χ0n) is 11.5. The van der Waals surface area contributed by atoms with Gasteiger partial charge in [-0.25, -0.2) is 4.39 Å². The van der Waals surface area contributed by atoms with Crippen molar-refractivity contribution in [3.05, 3.63) is 47.3 Å². The Morgan fingerprint density at radius 1 is 1.21 bits per heavy atom. The van der Waals surface area contributed by atoms with Gasteiger partial charge in [-0.05, 0) is 61.0 Å². The fourth-order valence-corrected chi connectivity index (χ4v) is 5.04. The van der Waals surface area contributed by atoms with Crippen LogP contribution in [0.5, 0.6) is 0 Å². The fraction of sp³-hybridized carbons (Fsp3) is 0.556. The van der Waals surface area contributed by atoms with Crippen molar-refractivity contribution in [2.24, 2.45) is 17.3 Å². The minimum absolute atomic E-state index is 0.145. The maximum atomic E-state index is 14.2. The van der Waals surface area contributed by atoms with Crippen molar-refractivity contribution in [2.75, 3.05) is 0 Å². The molecule has 0 spiro atoms. The van der Waals surface area contributed by atoms with E-state index in [4.69, 9.17) is 0 Å². The molecule has 4 rings (SSSR count). The normalized spacial score (nSPS) is 40.1. The highest BCUT2D eigenvalue weighted by atomic mass is 19.1. The number of benzene rings is 1. The lowest BCUT2D eigenvalue weighted by Crippen LogP contribution is -2.40. The second-order valence-corrected chi connectivity index (χ2v) is 6.86. The summed E-state index contributed by atoms with van der Waals surface area (Å²) in [7, 11) is 0. The summed E-state index contributed by atoms with van der Waals surface area (Å²) in [6.45, 7) is 2.16. The van der Waals surface area contributed by atoms with Crippen LogP contribution < -0.4 is 0 Å². The smallest absolute Gasteiger partial charge is 0.102 e. The van der Waals surface area contributed by atoms with Crippen LogP contribution in [-0.2, 0) is 6.42 Å². The van der Waals surface area contributed by atoms with Crippen LogP contribution in [0.2, 0.25) is 0 Å². The highest BCUT2D eigenvalue weighted by Gasteiger charge is 2.52. The highest BCUT2D eigenvalue weighted by molar-refractivity contribution is 5.36. The van der Waals surface area contributed by atoms with Crippen molar-refractivity contribution >= 4 is 0 Å². The third-order valence-corrected chi connectivity index (χ3v) is 6.12. The molecule has 0 N–H and O–H groups in total. The first-order valence-electron chi connectivity index (χ1n) is 7.64. The predicted molar refractivity (Wildman–Crippen MR) is 75.6 cm³/mol. The van der Waals surface area contributed by atoms with E-state index in [0.29, 0.717) is 17.8 Å². The van der Waals surface area contributed by atoms with Crippen molar-refractivity contribution < 1.29 is 4.39 Å². The van der Waals surface area contributed by atoms with Gasteiger partial charge >= 0.3 is 0 Å². The van der Waals surface area contributed by atoms with Crippen molar-refractivity contribution in [2.45, 2.75) is 44.9 Å². The van der Waals surface area contributed by atoms with Crippen LogP contribution in [0, 0.1) is 17.3 Å². The number of fused-ring (bicyclic) bond motifs is 5. The third-order valence-electron chi connectivity index (χ3n) is 6.12. The molecule has 0 bridgehead atoms. The van der Waals surface area contributed by atoms with Crippen molar-refractivity contribution in [3.8, 4) is 0 Å². The molecule has 19 heavy (non-hydrogen) atoms. The molecule has 0 radical (unpaired) electrons. The summed E-state index contributed by atoms with van der Waals surface area (Å²) in [5.74, 6) is 2.09. The minimum Gasteiger partial charge on any atom is -0.212 e. The van der Waals surface area contributed by atoms with Crippen LogP contribution in [-0.4, -0.2) is 0 Å². The topological polar surface area (TPSA) is 0 Å². The number of allylic oxidation sites excluding steroid dienone is 2. The zero-order valence-corrected chi connectivity index (χ0v) is 11.5. The van der Waals surface area contributed by atoms with E-state index in [0.717, 1.165) is 19.3 Å². The molecule has 0 heterocycles. The van der Waals surface area contributed by atoms with Crippen molar-refractivity contribution in [3.63, 3.8) is 0 Å². The van der Waals surface area contributed by atoms with Gasteiger partial charge in [-0.15, -0.1) is 0 Å². The SMILES string of the molecule is C[C@]12CC[C@@H]3c4ccccc4CC[C@H]3[C@@H]1CC=C2F. The molecule has 1 fully saturated rings. The Labute approximate surface area is 114 Å². The van der Waals surface area contributed by atoms with E-state index in [2.05, 4.69) is 31.2 Å². The van der Waals surface area contributed by atoms with E-state index in [1.54, 1.807) is 11.1 Å². The third kappa shape index (κ3) is 1.50. The molecule has 0 unspecified atom stereocenters. The highest BCUT2D eigenvalue weighted by Crippen LogP contribution is 2.61. The molecule has 3 aliphatic rings. The zero-order chi connectivity index (χ0) is 13.0.